The summed E-state index contributed by atoms with van der Waals surface area (Å²) >= 11 is 0. The maximum Gasteiger partial charge on any atom is 0.472 e. The molecule has 9 heteroatoms. The predicted molar refractivity (Wildman–Crippen MR) is 212 cm³/mol. The lowest BCUT2D eigenvalue weighted by molar-refractivity contribution is -0.870. The number of nitrogens with one attached hydrogen (secondary N) is 1. The number of quaternary nitrogens is 1. The molecule has 0 aliphatic heterocycles. The smallest absolute Gasteiger partial charge is 0.391 e. The topological polar surface area (TPSA) is 105 Å². The van der Waals surface area contributed by atoms with Gasteiger partial charge in [-0.25, -0.2) is 4.57 Å². The summed E-state index contributed by atoms with van der Waals surface area (Å²) in [5.41, 5.74) is 0. The molecule has 0 bridgehead atoms. The summed E-state index contributed by atoms with van der Waals surface area (Å²) in [7, 11) is 1.57. The summed E-state index contributed by atoms with van der Waals surface area (Å²) in [4.78, 5) is 22.9. The Kier molecular flexibility index (Phi) is 31.5. The minimum Gasteiger partial charge on any atom is -0.391 e. The second-order valence-electron chi connectivity index (χ2n) is 13.9. The Bertz CT molecular complexity index is 1040. The molecule has 0 saturated carbocycles. The van der Waals surface area contributed by atoms with Gasteiger partial charge in [0.2, 0.25) is 5.91 Å². The molecule has 0 spiro atoms. The fourth-order valence-electron chi connectivity index (χ4n) is 4.87. The number of aliphatic hydroxyl groups excluding tert-OH is 1. The van der Waals surface area contributed by atoms with Gasteiger partial charge in [-0.3, -0.25) is 13.8 Å². The number of phosphoric ester groups is 1. The van der Waals surface area contributed by atoms with Gasteiger partial charge in [-0.1, -0.05) is 132 Å². The van der Waals surface area contributed by atoms with E-state index in [2.05, 4.69) is 92.1 Å². The third-order valence-electron chi connectivity index (χ3n) is 7.97. The molecule has 0 fully saturated rings. The molecule has 0 radical (unpaired) electrons. The Balaban J connectivity index is 4.43. The molecule has 288 valence electrons. The first-order chi connectivity index (χ1) is 24.0. The van der Waals surface area contributed by atoms with Crippen molar-refractivity contribution in [2.75, 3.05) is 40.9 Å². The van der Waals surface area contributed by atoms with E-state index in [-0.39, 0.29) is 19.1 Å². The number of amides is 1. The van der Waals surface area contributed by atoms with Gasteiger partial charge in [0, 0.05) is 6.42 Å². The number of allylic oxidation sites excluding steroid dienone is 12. The van der Waals surface area contributed by atoms with Crippen molar-refractivity contribution in [1.82, 2.24) is 5.32 Å². The van der Waals surface area contributed by atoms with E-state index in [1.807, 2.05) is 21.1 Å². The highest BCUT2D eigenvalue weighted by atomic mass is 31.2. The zero-order valence-corrected chi connectivity index (χ0v) is 33.2. The lowest BCUT2D eigenvalue weighted by atomic mass is 10.0. The molecule has 50 heavy (non-hydrogen) atoms. The van der Waals surface area contributed by atoms with Crippen LogP contribution >= 0.6 is 7.82 Å². The Morgan fingerprint density at radius 2 is 1.20 bits per heavy atom. The highest BCUT2D eigenvalue weighted by Crippen LogP contribution is 2.43. The lowest BCUT2D eigenvalue weighted by Gasteiger charge is -2.26. The molecule has 0 aromatic heterocycles. The van der Waals surface area contributed by atoms with Crippen LogP contribution in [-0.4, -0.2) is 73.4 Å². The first-order valence-corrected chi connectivity index (χ1v) is 20.8. The van der Waals surface area contributed by atoms with Gasteiger partial charge in [0.15, 0.2) is 0 Å². The van der Waals surface area contributed by atoms with Crippen LogP contribution < -0.4 is 5.32 Å². The van der Waals surface area contributed by atoms with Gasteiger partial charge in [0.25, 0.3) is 0 Å². The highest BCUT2D eigenvalue weighted by Gasteiger charge is 2.28. The largest absolute Gasteiger partial charge is 0.472 e. The summed E-state index contributed by atoms with van der Waals surface area (Å²) in [6, 6.07) is -0.784. The highest BCUT2D eigenvalue weighted by molar-refractivity contribution is 7.47. The number of carbonyl (C=O) groups excluding carboxylic acids is 1. The van der Waals surface area contributed by atoms with Crippen LogP contribution in [-0.2, 0) is 18.4 Å². The first-order valence-electron chi connectivity index (χ1n) is 19.3. The number of unbranched alkanes of at least 4 members (excludes halogenated alkanes) is 8. The van der Waals surface area contributed by atoms with Crippen molar-refractivity contribution in [1.29, 1.82) is 0 Å². The van der Waals surface area contributed by atoms with Crippen LogP contribution in [0.1, 0.15) is 129 Å². The molecule has 0 aromatic rings. The fraction of sp³-hybridized carbons (Fsp3) is 0.683. The van der Waals surface area contributed by atoms with E-state index in [1.165, 1.54) is 25.7 Å². The molecule has 3 N–H and O–H groups in total. The number of hydrogen-bond donors (Lipinski definition) is 3. The second kappa shape index (κ2) is 32.8. The molecule has 1 amide bonds. The van der Waals surface area contributed by atoms with Gasteiger partial charge in [-0.2, -0.15) is 0 Å². The SMILES string of the molecule is CC/C=C\C/C=C\C/C=C\C/C=C\C/C=C\C/C=C\CCCCC(=O)NC(COP(=O)(O)OCC[N+](C)(C)C)C(O)CCCCCCCCC. The van der Waals surface area contributed by atoms with Crippen LogP contribution in [0.25, 0.3) is 0 Å². The number of hydrogen-bond acceptors (Lipinski definition) is 5. The van der Waals surface area contributed by atoms with E-state index >= 15 is 0 Å². The van der Waals surface area contributed by atoms with Crippen LogP contribution in [0.15, 0.2) is 72.9 Å². The van der Waals surface area contributed by atoms with Crippen molar-refractivity contribution in [2.45, 2.75) is 142 Å². The molecule has 8 nitrogen and oxygen atoms in total. The van der Waals surface area contributed by atoms with Gasteiger partial charge >= 0.3 is 7.82 Å². The Labute approximate surface area is 306 Å². The predicted octanol–water partition coefficient (Wildman–Crippen LogP) is 10.1. The zero-order valence-electron chi connectivity index (χ0n) is 32.4. The van der Waals surface area contributed by atoms with Crippen LogP contribution in [0.4, 0.5) is 0 Å². The molecular formula is C41H74N2O6P+. The third kappa shape index (κ3) is 34.4. The second-order valence-corrected chi connectivity index (χ2v) is 15.4. The van der Waals surface area contributed by atoms with E-state index in [0.717, 1.165) is 70.6 Å². The average molecular weight is 722 g/mol. The fourth-order valence-corrected chi connectivity index (χ4v) is 5.60. The average Bonchev–Trinajstić information content (AvgIpc) is 3.06. The van der Waals surface area contributed by atoms with Crippen LogP contribution in [0, 0.1) is 0 Å². The number of rotatable bonds is 33. The normalized spacial score (nSPS) is 15.4. The minimum atomic E-state index is -4.32. The molecule has 0 heterocycles. The molecule has 3 unspecified atom stereocenters. The monoisotopic (exact) mass is 722 g/mol. The Hall–Kier alpha value is -2.06. The van der Waals surface area contributed by atoms with Crippen LogP contribution in [0.3, 0.4) is 0 Å². The first kappa shape index (κ1) is 47.9. The van der Waals surface area contributed by atoms with Crippen molar-refractivity contribution >= 4 is 13.7 Å². The van der Waals surface area contributed by atoms with E-state index in [0.29, 0.717) is 30.3 Å². The number of nitrogens with zero attached hydrogens (tertiary/aromatic N) is 1. The van der Waals surface area contributed by atoms with Gasteiger partial charge in [0.1, 0.15) is 13.2 Å². The number of likely N-dealkylation sites (N-methyl/N-ethyl adjacent to an activating group) is 1. The van der Waals surface area contributed by atoms with Crippen molar-refractivity contribution in [3.63, 3.8) is 0 Å². The number of aliphatic hydroxyl groups is 1. The Morgan fingerprint density at radius 1 is 0.700 bits per heavy atom. The quantitative estimate of drug-likeness (QED) is 0.0270. The van der Waals surface area contributed by atoms with Crippen molar-refractivity contribution in [3.8, 4) is 0 Å². The lowest BCUT2D eigenvalue weighted by Crippen LogP contribution is -2.46. The molecule has 0 aromatic carbocycles. The van der Waals surface area contributed by atoms with Crippen LogP contribution in [0.2, 0.25) is 0 Å². The molecule has 0 aliphatic rings. The molecule has 0 aliphatic carbocycles. The van der Waals surface area contributed by atoms with E-state index in [1.54, 1.807) is 0 Å². The van der Waals surface area contributed by atoms with Gasteiger partial charge in [0.05, 0.1) is 39.9 Å². The van der Waals surface area contributed by atoms with Gasteiger partial charge in [-0.05, 0) is 64.2 Å². The van der Waals surface area contributed by atoms with Crippen LogP contribution in [0.5, 0.6) is 0 Å². The van der Waals surface area contributed by atoms with Crippen molar-refractivity contribution in [2.24, 2.45) is 0 Å². The number of phosphoric acid groups is 1. The maximum absolute atomic E-state index is 12.8. The van der Waals surface area contributed by atoms with Gasteiger partial charge < -0.3 is 19.8 Å². The van der Waals surface area contributed by atoms with Gasteiger partial charge in [-0.15, -0.1) is 0 Å². The van der Waals surface area contributed by atoms with E-state index in [4.69, 9.17) is 9.05 Å². The summed E-state index contributed by atoms with van der Waals surface area (Å²) in [6.07, 6.45) is 42.3. The zero-order chi connectivity index (χ0) is 37.2. The summed E-state index contributed by atoms with van der Waals surface area (Å²) in [6.45, 7) is 4.65. The van der Waals surface area contributed by atoms with Crippen molar-refractivity contribution < 1.29 is 32.9 Å². The molecular weight excluding hydrogens is 647 g/mol. The van der Waals surface area contributed by atoms with E-state index in [9.17, 15) is 19.4 Å². The Morgan fingerprint density at radius 3 is 1.72 bits per heavy atom. The molecule has 0 rings (SSSR count). The van der Waals surface area contributed by atoms with Crippen molar-refractivity contribution in [3.05, 3.63) is 72.9 Å². The standard InChI is InChI=1S/C41H73N2O6P/c1-6-8-10-12-14-15-16-17-18-19-20-21-22-23-24-25-26-27-29-31-33-35-41(45)42-39(40(44)34-32-30-28-13-11-9-7-2)38-49-50(46,47)48-37-36-43(3,4)5/h8,10,14-15,17-18,20-21,23-24,26-27,39-40,44H,6-7,9,11-13,16,19,22,25,28-38H2,1-5H3,(H-,42,45,46,47)/p+1/b10-8-,15-14-,18-17-,21-20-,24-23-,27-26-. The van der Waals surface area contributed by atoms with E-state index < -0.39 is 20.0 Å². The third-order valence-corrected chi connectivity index (χ3v) is 8.95. The molecule has 0 saturated heterocycles. The summed E-state index contributed by atoms with van der Waals surface area (Å²) < 4.78 is 23.4. The maximum atomic E-state index is 12.8. The number of carbonyl (C=O) groups is 1. The summed E-state index contributed by atoms with van der Waals surface area (Å²) in [5, 5.41) is 13.7. The summed E-state index contributed by atoms with van der Waals surface area (Å²) in [5.74, 6) is -0.196. The minimum absolute atomic E-state index is 0.0612. The molecule has 3 atom stereocenters.